The first-order valence-electron chi connectivity index (χ1n) is 4.29. The smallest absolute Gasteiger partial charge is 0.388 e. The zero-order valence-electron chi connectivity index (χ0n) is 8.72. The summed E-state index contributed by atoms with van der Waals surface area (Å²) in [5.41, 5.74) is 0. The van der Waals surface area contributed by atoms with Crippen LogP contribution in [0.2, 0.25) is 13.1 Å². The van der Waals surface area contributed by atoms with Crippen molar-refractivity contribution in [2.75, 3.05) is 14.2 Å². The second kappa shape index (κ2) is 4.40. The monoisotopic (exact) mass is 192 g/mol. The maximum Gasteiger partial charge on any atom is 0.388 e. The summed E-state index contributed by atoms with van der Waals surface area (Å²) in [7, 11) is 3.25. The fraction of sp³-hybridized carbons (Fsp3) is 1.00. The number of hydrogen-bond donors (Lipinski definition) is 0. The van der Waals surface area contributed by atoms with Crippen LogP contribution < -0.4 is 0 Å². The van der Waals surface area contributed by atoms with Gasteiger partial charge < -0.3 is 8.24 Å². The standard InChI is InChI=1S/C7H22NOSi2/c1-7(2)8(3,10-9-4)11(5)6/h7,11H,10H2,1-6H3/q+1. The highest BCUT2D eigenvalue weighted by atomic mass is 28.3. The lowest BCUT2D eigenvalue weighted by Gasteiger charge is -2.43. The summed E-state index contributed by atoms with van der Waals surface area (Å²) in [6.07, 6.45) is 0. The van der Waals surface area contributed by atoms with E-state index >= 15 is 0 Å². The minimum atomic E-state index is -0.602. The predicted octanol–water partition coefficient (Wildman–Crippen LogP) is 0.470. The van der Waals surface area contributed by atoms with Crippen molar-refractivity contribution in [1.29, 1.82) is 0 Å². The van der Waals surface area contributed by atoms with E-state index in [0.717, 1.165) is 6.04 Å². The van der Waals surface area contributed by atoms with Gasteiger partial charge in [0.25, 0.3) is 0 Å². The summed E-state index contributed by atoms with van der Waals surface area (Å²) in [6, 6.07) is 0.744. The van der Waals surface area contributed by atoms with Crippen LogP contribution in [0.3, 0.4) is 0 Å². The molecule has 2 nitrogen and oxygen atoms in total. The Morgan fingerprint density at radius 3 is 1.91 bits per heavy atom. The van der Waals surface area contributed by atoms with Crippen LogP contribution in [-0.4, -0.2) is 42.9 Å². The molecule has 0 rings (SSSR count). The zero-order chi connectivity index (χ0) is 9.07. The van der Waals surface area contributed by atoms with Crippen LogP contribution in [0.5, 0.6) is 0 Å². The molecular formula is C7H22NOSi2+. The van der Waals surface area contributed by atoms with E-state index in [1.807, 2.05) is 7.11 Å². The Hall–Kier alpha value is 0.354. The molecule has 0 aromatic rings. The molecule has 1 unspecified atom stereocenters. The molecule has 0 heterocycles. The molecule has 0 aliphatic carbocycles. The minimum absolute atomic E-state index is 0.356. The first-order chi connectivity index (χ1) is 4.95. The SMILES string of the molecule is CO[SiH2][N+](C)(C(C)C)[SiH](C)C. The molecule has 0 spiro atoms. The third kappa shape index (κ3) is 2.70. The Kier molecular flexibility index (Phi) is 4.54. The van der Waals surface area contributed by atoms with Gasteiger partial charge in [-0.15, -0.1) is 0 Å². The second-order valence-electron chi connectivity index (χ2n) is 3.95. The first kappa shape index (κ1) is 11.4. The summed E-state index contributed by atoms with van der Waals surface area (Å²) in [5, 5.41) is 0. The molecule has 0 radical (unpaired) electrons. The van der Waals surface area contributed by atoms with E-state index in [2.05, 4.69) is 34.0 Å². The van der Waals surface area contributed by atoms with E-state index < -0.39 is 8.96 Å². The van der Waals surface area contributed by atoms with Crippen molar-refractivity contribution in [1.82, 2.24) is 0 Å². The summed E-state index contributed by atoms with van der Waals surface area (Å²) in [6.45, 7) is 9.43. The summed E-state index contributed by atoms with van der Waals surface area (Å²) >= 11 is 0. The van der Waals surface area contributed by atoms with Crippen LogP contribution in [0.25, 0.3) is 0 Å². The quantitative estimate of drug-likeness (QED) is 0.589. The van der Waals surface area contributed by atoms with E-state index in [0.29, 0.717) is 0 Å². The Morgan fingerprint density at radius 1 is 1.36 bits per heavy atom. The molecule has 0 saturated heterocycles. The van der Waals surface area contributed by atoms with Gasteiger partial charge in [0, 0.05) is 14.2 Å². The molecule has 0 aliphatic rings. The maximum atomic E-state index is 5.38. The van der Waals surface area contributed by atoms with Gasteiger partial charge in [0.1, 0.15) is 0 Å². The third-order valence-corrected chi connectivity index (χ3v) is 9.91. The van der Waals surface area contributed by atoms with Gasteiger partial charge in [-0.05, 0) is 26.9 Å². The second-order valence-corrected chi connectivity index (χ2v) is 10.2. The van der Waals surface area contributed by atoms with Crippen molar-refractivity contribution in [3.8, 4) is 0 Å². The highest BCUT2D eigenvalue weighted by Crippen LogP contribution is 2.11. The molecular weight excluding hydrogens is 170 g/mol. The number of quaternary nitrogens is 1. The van der Waals surface area contributed by atoms with Gasteiger partial charge in [-0.2, -0.15) is 0 Å². The predicted molar refractivity (Wildman–Crippen MR) is 55.8 cm³/mol. The van der Waals surface area contributed by atoms with Crippen LogP contribution >= 0.6 is 0 Å². The van der Waals surface area contributed by atoms with Crippen LogP contribution in [0, 0.1) is 0 Å². The van der Waals surface area contributed by atoms with Crippen LogP contribution in [-0.2, 0) is 4.43 Å². The van der Waals surface area contributed by atoms with Crippen LogP contribution in [0.1, 0.15) is 13.8 Å². The minimum Gasteiger partial charge on any atom is -0.431 e. The Labute approximate surface area is 74.8 Å². The molecule has 68 valence electrons. The summed E-state index contributed by atoms with van der Waals surface area (Å²) < 4.78 is 6.64. The van der Waals surface area contributed by atoms with Crippen LogP contribution in [0.4, 0.5) is 0 Å². The van der Waals surface area contributed by atoms with Crippen molar-refractivity contribution < 1.29 is 8.24 Å². The summed E-state index contributed by atoms with van der Waals surface area (Å²) in [4.78, 5) is 0. The highest BCUT2D eigenvalue weighted by molar-refractivity contribution is 6.53. The van der Waals surface area contributed by atoms with Gasteiger partial charge in [0.2, 0.25) is 8.96 Å². The van der Waals surface area contributed by atoms with Crippen molar-refractivity contribution in [2.45, 2.75) is 33.0 Å². The molecule has 0 fully saturated rings. The molecule has 0 aliphatic heterocycles. The molecule has 0 amide bonds. The van der Waals surface area contributed by atoms with E-state index in [-0.39, 0.29) is 9.92 Å². The fourth-order valence-electron chi connectivity index (χ4n) is 1.17. The topological polar surface area (TPSA) is 9.23 Å². The van der Waals surface area contributed by atoms with E-state index in [1.54, 1.807) is 0 Å². The van der Waals surface area contributed by atoms with Crippen molar-refractivity contribution >= 4 is 18.9 Å². The Balaban J connectivity index is 4.26. The van der Waals surface area contributed by atoms with E-state index in [9.17, 15) is 0 Å². The van der Waals surface area contributed by atoms with Gasteiger partial charge in [0.05, 0.1) is 6.04 Å². The Morgan fingerprint density at radius 2 is 1.82 bits per heavy atom. The molecule has 0 aromatic heterocycles. The lowest BCUT2D eigenvalue weighted by molar-refractivity contribution is -0.721. The normalized spacial score (nSPS) is 18.5. The number of nitrogens with zero attached hydrogens (tertiary/aromatic N) is 1. The molecule has 0 aromatic carbocycles. The average molecular weight is 192 g/mol. The summed E-state index contributed by atoms with van der Waals surface area (Å²) in [5.74, 6) is 0. The van der Waals surface area contributed by atoms with Gasteiger partial charge in [-0.1, -0.05) is 0 Å². The van der Waals surface area contributed by atoms with Gasteiger partial charge >= 0.3 is 9.92 Å². The molecule has 1 atom stereocenters. The van der Waals surface area contributed by atoms with Gasteiger partial charge in [-0.3, -0.25) is 0 Å². The van der Waals surface area contributed by atoms with E-state index in [4.69, 9.17) is 4.43 Å². The van der Waals surface area contributed by atoms with Crippen molar-refractivity contribution in [3.05, 3.63) is 0 Å². The Bertz CT molecular complexity index is 109. The molecule has 11 heavy (non-hydrogen) atoms. The molecule has 0 saturated carbocycles. The maximum absolute atomic E-state index is 5.38. The number of rotatable bonds is 4. The first-order valence-corrected chi connectivity index (χ1v) is 8.32. The van der Waals surface area contributed by atoms with Crippen molar-refractivity contribution in [2.24, 2.45) is 0 Å². The highest BCUT2D eigenvalue weighted by Gasteiger charge is 2.29. The lowest BCUT2D eigenvalue weighted by atomic mass is 10.4. The lowest BCUT2D eigenvalue weighted by Crippen LogP contribution is -2.60. The van der Waals surface area contributed by atoms with Gasteiger partial charge in [-0.25, -0.2) is 0 Å². The molecule has 0 N–H and O–H groups in total. The zero-order valence-corrected chi connectivity index (χ0v) is 11.3. The average Bonchev–Trinajstić information content (AvgIpc) is 1.87. The van der Waals surface area contributed by atoms with Crippen LogP contribution in [0.15, 0.2) is 0 Å². The van der Waals surface area contributed by atoms with Gasteiger partial charge in [0.15, 0.2) is 0 Å². The van der Waals surface area contributed by atoms with E-state index in [1.165, 1.54) is 3.81 Å². The number of hydrogen-bond acceptors (Lipinski definition) is 1. The third-order valence-electron chi connectivity index (χ3n) is 2.77. The molecule has 4 heteroatoms. The fourth-order valence-corrected chi connectivity index (χ4v) is 4.86. The molecule has 0 bridgehead atoms. The largest absolute Gasteiger partial charge is 0.431 e. The van der Waals surface area contributed by atoms with Crippen molar-refractivity contribution in [3.63, 3.8) is 0 Å².